The highest BCUT2D eigenvalue weighted by Crippen LogP contribution is 2.39. The highest BCUT2D eigenvalue weighted by molar-refractivity contribution is 7.99. The molecule has 0 unspecified atom stereocenters. The van der Waals surface area contributed by atoms with Gasteiger partial charge >= 0.3 is 12.4 Å². The van der Waals surface area contributed by atoms with Gasteiger partial charge in [-0.3, -0.25) is 0 Å². The number of rotatable bonds is 2. The molecule has 0 saturated carbocycles. The zero-order valence-electron chi connectivity index (χ0n) is 8.19. The Morgan fingerprint density at radius 2 is 1.65 bits per heavy atom. The van der Waals surface area contributed by atoms with Gasteiger partial charge in [0.2, 0.25) is 0 Å². The lowest BCUT2D eigenvalue weighted by Gasteiger charge is -2.13. The summed E-state index contributed by atoms with van der Waals surface area (Å²) in [4.78, 5) is -0.519. The van der Waals surface area contributed by atoms with Gasteiger partial charge in [0.1, 0.15) is 0 Å². The Bertz CT molecular complexity index is 397. The third-order valence-electron chi connectivity index (χ3n) is 1.70. The molecule has 1 aromatic rings. The molecule has 0 bridgehead atoms. The van der Waals surface area contributed by atoms with Gasteiger partial charge < -0.3 is 5.73 Å². The topological polar surface area (TPSA) is 26.0 Å². The standard InChI is InChI=1S/C9H7F6NS/c10-8(11,12)4-17-7-3-5(16)1-2-6(7)9(13,14)15/h1-3H,4,16H2. The molecule has 0 fully saturated rings. The summed E-state index contributed by atoms with van der Waals surface area (Å²) < 4.78 is 73.2. The Labute approximate surface area is 97.0 Å². The first-order valence-corrected chi connectivity index (χ1v) is 5.24. The molecule has 0 heterocycles. The fourth-order valence-electron chi connectivity index (χ4n) is 1.05. The molecule has 0 aliphatic carbocycles. The van der Waals surface area contributed by atoms with E-state index >= 15 is 0 Å². The van der Waals surface area contributed by atoms with Gasteiger partial charge in [0.15, 0.2) is 0 Å². The molecule has 0 aromatic heterocycles. The van der Waals surface area contributed by atoms with Crippen molar-refractivity contribution >= 4 is 17.4 Å². The van der Waals surface area contributed by atoms with Crippen molar-refractivity contribution in [3.05, 3.63) is 23.8 Å². The number of anilines is 1. The molecular formula is C9H7F6NS. The minimum Gasteiger partial charge on any atom is -0.399 e. The van der Waals surface area contributed by atoms with Crippen molar-refractivity contribution in [3.8, 4) is 0 Å². The predicted molar refractivity (Wildman–Crippen MR) is 52.6 cm³/mol. The van der Waals surface area contributed by atoms with E-state index in [0.717, 1.165) is 12.1 Å². The van der Waals surface area contributed by atoms with Crippen molar-refractivity contribution in [2.45, 2.75) is 17.2 Å². The summed E-state index contributed by atoms with van der Waals surface area (Å²) in [5.41, 5.74) is 4.13. The van der Waals surface area contributed by atoms with Crippen LogP contribution in [0.25, 0.3) is 0 Å². The number of nitrogens with two attached hydrogens (primary N) is 1. The number of nitrogen functional groups attached to an aromatic ring is 1. The summed E-state index contributed by atoms with van der Waals surface area (Å²) in [7, 11) is 0. The van der Waals surface area contributed by atoms with Crippen LogP contribution in [-0.2, 0) is 6.18 Å². The second-order valence-electron chi connectivity index (χ2n) is 3.16. The Balaban J connectivity index is 3.00. The van der Waals surface area contributed by atoms with E-state index in [1.807, 2.05) is 0 Å². The number of benzene rings is 1. The summed E-state index contributed by atoms with van der Waals surface area (Å²) in [5, 5.41) is 0. The van der Waals surface area contributed by atoms with E-state index in [1.165, 1.54) is 0 Å². The minimum atomic E-state index is -4.69. The van der Waals surface area contributed by atoms with Crippen LogP contribution in [0, 0.1) is 0 Å². The van der Waals surface area contributed by atoms with Crippen LogP contribution < -0.4 is 5.73 Å². The summed E-state index contributed by atoms with van der Waals surface area (Å²) in [6.45, 7) is 0. The Morgan fingerprint density at radius 1 is 1.06 bits per heavy atom. The molecule has 0 amide bonds. The molecule has 0 atom stereocenters. The van der Waals surface area contributed by atoms with Gasteiger partial charge in [0.05, 0.1) is 11.3 Å². The van der Waals surface area contributed by atoms with Gasteiger partial charge in [-0.2, -0.15) is 26.3 Å². The molecule has 8 heteroatoms. The third kappa shape index (κ3) is 4.37. The Morgan fingerprint density at radius 3 is 2.12 bits per heavy atom. The van der Waals surface area contributed by atoms with E-state index in [1.54, 1.807) is 0 Å². The van der Waals surface area contributed by atoms with E-state index in [4.69, 9.17) is 5.73 Å². The van der Waals surface area contributed by atoms with E-state index in [0.29, 0.717) is 6.07 Å². The number of alkyl halides is 6. The summed E-state index contributed by atoms with van der Waals surface area (Å²) >= 11 is 0.0700. The summed E-state index contributed by atoms with van der Waals surface area (Å²) in [6, 6.07) is 2.56. The monoisotopic (exact) mass is 275 g/mol. The highest BCUT2D eigenvalue weighted by atomic mass is 32.2. The lowest BCUT2D eigenvalue weighted by Crippen LogP contribution is -2.12. The van der Waals surface area contributed by atoms with E-state index in [9.17, 15) is 26.3 Å². The van der Waals surface area contributed by atoms with E-state index in [-0.39, 0.29) is 17.4 Å². The average Bonchev–Trinajstić information content (AvgIpc) is 2.11. The molecule has 0 aliphatic heterocycles. The summed E-state index contributed by atoms with van der Waals surface area (Å²) in [6.07, 6.45) is -9.22. The van der Waals surface area contributed by atoms with Crippen LogP contribution in [0.1, 0.15) is 5.56 Å². The maximum atomic E-state index is 12.5. The molecule has 1 nitrogen and oxygen atoms in total. The molecule has 17 heavy (non-hydrogen) atoms. The zero-order valence-corrected chi connectivity index (χ0v) is 9.01. The second kappa shape index (κ2) is 4.67. The molecule has 1 aromatic carbocycles. The van der Waals surface area contributed by atoms with E-state index in [2.05, 4.69) is 0 Å². The van der Waals surface area contributed by atoms with Crippen molar-refractivity contribution in [2.24, 2.45) is 0 Å². The first-order chi connectivity index (χ1) is 7.59. The smallest absolute Gasteiger partial charge is 0.399 e. The quantitative estimate of drug-likeness (QED) is 0.502. The van der Waals surface area contributed by atoms with Gasteiger partial charge in [0, 0.05) is 10.6 Å². The summed E-state index contributed by atoms with van der Waals surface area (Å²) in [5.74, 6) is -1.39. The van der Waals surface area contributed by atoms with Crippen LogP contribution in [-0.4, -0.2) is 11.9 Å². The first-order valence-electron chi connectivity index (χ1n) is 4.26. The minimum absolute atomic E-state index is 0.0114. The van der Waals surface area contributed by atoms with Crippen LogP contribution in [0.4, 0.5) is 32.0 Å². The van der Waals surface area contributed by atoms with Crippen LogP contribution in [0.15, 0.2) is 23.1 Å². The van der Waals surface area contributed by atoms with Crippen molar-refractivity contribution < 1.29 is 26.3 Å². The number of halogens is 6. The van der Waals surface area contributed by atoms with Crippen molar-refractivity contribution in [3.63, 3.8) is 0 Å². The maximum absolute atomic E-state index is 12.5. The SMILES string of the molecule is Nc1ccc(C(F)(F)F)c(SCC(F)(F)F)c1. The van der Waals surface area contributed by atoms with Crippen LogP contribution in [0.3, 0.4) is 0 Å². The molecule has 0 radical (unpaired) electrons. The Hall–Kier alpha value is -1.05. The van der Waals surface area contributed by atoms with E-state index < -0.39 is 28.6 Å². The molecule has 1 rings (SSSR count). The lowest BCUT2D eigenvalue weighted by atomic mass is 10.2. The molecule has 0 saturated heterocycles. The van der Waals surface area contributed by atoms with Gasteiger partial charge in [-0.15, -0.1) is 11.8 Å². The number of hydrogen-bond donors (Lipinski definition) is 1. The normalized spacial score (nSPS) is 12.8. The predicted octanol–water partition coefficient (Wildman–Crippen LogP) is 3.94. The molecule has 2 N–H and O–H groups in total. The zero-order chi connectivity index (χ0) is 13.3. The Kier molecular flexibility index (Phi) is 3.85. The average molecular weight is 275 g/mol. The molecule has 0 spiro atoms. The molecule has 96 valence electrons. The fourth-order valence-corrected chi connectivity index (χ4v) is 1.93. The van der Waals surface area contributed by atoms with Gasteiger partial charge in [-0.05, 0) is 18.2 Å². The molecule has 0 aliphatic rings. The van der Waals surface area contributed by atoms with Gasteiger partial charge in [-0.1, -0.05) is 0 Å². The van der Waals surface area contributed by atoms with Crippen molar-refractivity contribution in [1.82, 2.24) is 0 Å². The van der Waals surface area contributed by atoms with Gasteiger partial charge in [0.25, 0.3) is 0 Å². The van der Waals surface area contributed by atoms with Crippen LogP contribution in [0.5, 0.6) is 0 Å². The molecular weight excluding hydrogens is 268 g/mol. The maximum Gasteiger partial charge on any atom is 0.417 e. The lowest BCUT2D eigenvalue weighted by molar-refractivity contribution is -0.139. The van der Waals surface area contributed by atoms with Crippen molar-refractivity contribution in [2.75, 3.05) is 11.5 Å². The number of thioether (sulfide) groups is 1. The third-order valence-corrected chi connectivity index (χ3v) is 2.82. The van der Waals surface area contributed by atoms with Crippen LogP contribution >= 0.6 is 11.8 Å². The largest absolute Gasteiger partial charge is 0.417 e. The van der Waals surface area contributed by atoms with Crippen molar-refractivity contribution in [1.29, 1.82) is 0 Å². The number of hydrogen-bond acceptors (Lipinski definition) is 2. The van der Waals surface area contributed by atoms with Gasteiger partial charge in [-0.25, -0.2) is 0 Å². The van der Waals surface area contributed by atoms with Crippen LogP contribution in [0.2, 0.25) is 0 Å². The first kappa shape index (κ1) is 14.0. The fraction of sp³-hybridized carbons (Fsp3) is 0.333. The highest BCUT2D eigenvalue weighted by Gasteiger charge is 2.35. The second-order valence-corrected chi connectivity index (χ2v) is 4.17.